The maximum Gasteiger partial charge on any atom is 0.191 e. The summed E-state index contributed by atoms with van der Waals surface area (Å²) >= 11 is 1.96. The highest BCUT2D eigenvalue weighted by molar-refractivity contribution is 14.0. The SMILES string of the molecule is Cn1nncc1CN=C(N)N1CCSCC1.I. The van der Waals surface area contributed by atoms with Crippen LogP contribution in [-0.2, 0) is 13.6 Å². The molecule has 0 atom stereocenters. The van der Waals surface area contributed by atoms with Gasteiger partial charge in [0.15, 0.2) is 5.96 Å². The van der Waals surface area contributed by atoms with E-state index in [0.717, 1.165) is 30.3 Å². The molecule has 1 aromatic rings. The van der Waals surface area contributed by atoms with E-state index in [2.05, 4.69) is 20.2 Å². The molecule has 1 aliphatic rings. The molecule has 1 fully saturated rings. The zero-order chi connectivity index (χ0) is 11.4. The molecule has 96 valence electrons. The van der Waals surface area contributed by atoms with Crippen molar-refractivity contribution in [1.82, 2.24) is 19.9 Å². The van der Waals surface area contributed by atoms with Gasteiger partial charge in [-0.25, -0.2) is 4.99 Å². The van der Waals surface area contributed by atoms with Crippen molar-refractivity contribution in [2.24, 2.45) is 17.8 Å². The van der Waals surface area contributed by atoms with E-state index in [4.69, 9.17) is 5.73 Å². The van der Waals surface area contributed by atoms with Gasteiger partial charge < -0.3 is 10.6 Å². The second-order valence-corrected chi connectivity index (χ2v) is 4.85. The van der Waals surface area contributed by atoms with E-state index in [1.807, 2.05) is 18.8 Å². The predicted octanol–water partition coefficient (Wildman–Crippen LogP) is 0.297. The average Bonchev–Trinajstić information content (AvgIpc) is 2.73. The summed E-state index contributed by atoms with van der Waals surface area (Å²) in [5.74, 6) is 2.88. The number of hydrogen-bond donors (Lipinski definition) is 1. The fourth-order valence-electron chi connectivity index (χ4n) is 1.51. The fraction of sp³-hybridized carbons (Fsp3) is 0.667. The minimum Gasteiger partial charge on any atom is -0.370 e. The fourth-order valence-corrected chi connectivity index (χ4v) is 2.41. The van der Waals surface area contributed by atoms with Crippen LogP contribution < -0.4 is 5.73 Å². The van der Waals surface area contributed by atoms with Gasteiger partial charge in [-0.3, -0.25) is 4.68 Å². The molecule has 1 aliphatic heterocycles. The average molecular weight is 368 g/mol. The molecule has 0 bridgehead atoms. The van der Waals surface area contributed by atoms with Crippen molar-refractivity contribution in [2.75, 3.05) is 24.6 Å². The van der Waals surface area contributed by atoms with Gasteiger partial charge in [0.2, 0.25) is 0 Å². The van der Waals surface area contributed by atoms with Crippen LogP contribution in [0.15, 0.2) is 11.2 Å². The van der Waals surface area contributed by atoms with Crippen molar-refractivity contribution >= 4 is 41.7 Å². The summed E-state index contributed by atoms with van der Waals surface area (Å²) in [7, 11) is 1.85. The summed E-state index contributed by atoms with van der Waals surface area (Å²) in [6.07, 6.45) is 1.71. The third kappa shape index (κ3) is 4.02. The number of nitrogens with zero attached hydrogens (tertiary/aromatic N) is 5. The maximum absolute atomic E-state index is 5.93. The van der Waals surface area contributed by atoms with Crippen LogP contribution in [0.25, 0.3) is 0 Å². The Kier molecular flexibility index (Phi) is 6.03. The first-order valence-corrected chi connectivity index (χ1v) is 6.39. The third-order valence-electron chi connectivity index (χ3n) is 2.55. The van der Waals surface area contributed by atoms with Crippen LogP contribution in [0.4, 0.5) is 0 Å². The monoisotopic (exact) mass is 368 g/mol. The maximum atomic E-state index is 5.93. The largest absolute Gasteiger partial charge is 0.370 e. The highest BCUT2D eigenvalue weighted by Crippen LogP contribution is 2.08. The number of rotatable bonds is 2. The number of guanidine groups is 1. The van der Waals surface area contributed by atoms with Crippen molar-refractivity contribution in [1.29, 1.82) is 0 Å². The van der Waals surface area contributed by atoms with Gasteiger partial charge in [-0.05, 0) is 0 Å². The lowest BCUT2D eigenvalue weighted by Crippen LogP contribution is -2.42. The van der Waals surface area contributed by atoms with Crippen molar-refractivity contribution in [3.05, 3.63) is 11.9 Å². The molecular weight excluding hydrogens is 351 g/mol. The van der Waals surface area contributed by atoms with Crippen LogP contribution in [0, 0.1) is 0 Å². The summed E-state index contributed by atoms with van der Waals surface area (Å²) < 4.78 is 1.71. The summed E-state index contributed by atoms with van der Waals surface area (Å²) in [6, 6.07) is 0. The van der Waals surface area contributed by atoms with Gasteiger partial charge in [0.05, 0.1) is 18.4 Å². The van der Waals surface area contributed by atoms with Crippen LogP contribution in [-0.4, -0.2) is 50.4 Å². The van der Waals surface area contributed by atoms with Gasteiger partial charge in [-0.15, -0.1) is 29.1 Å². The highest BCUT2D eigenvalue weighted by Gasteiger charge is 2.12. The third-order valence-corrected chi connectivity index (χ3v) is 3.49. The number of aliphatic imine (C=N–C) groups is 1. The number of aryl methyl sites for hydroxylation is 1. The molecule has 8 heteroatoms. The van der Waals surface area contributed by atoms with Gasteiger partial charge in [0.1, 0.15) is 0 Å². The first kappa shape index (κ1) is 14.6. The molecule has 6 nitrogen and oxygen atoms in total. The van der Waals surface area contributed by atoms with E-state index >= 15 is 0 Å². The lowest BCUT2D eigenvalue weighted by molar-refractivity contribution is 0.455. The minimum absolute atomic E-state index is 0. The van der Waals surface area contributed by atoms with Crippen LogP contribution in [0.5, 0.6) is 0 Å². The molecule has 0 radical (unpaired) electrons. The van der Waals surface area contributed by atoms with E-state index in [0.29, 0.717) is 12.5 Å². The Bertz CT molecular complexity index is 373. The quantitative estimate of drug-likeness (QED) is 0.462. The van der Waals surface area contributed by atoms with Crippen molar-refractivity contribution in [2.45, 2.75) is 6.54 Å². The number of thioether (sulfide) groups is 1. The van der Waals surface area contributed by atoms with E-state index in [1.165, 1.54) is 0 Å². The molecule has 0 unspecified atom stereocenters. The molecule has 0 saturated carbocycles. The van der Waals surface area contributed by atoms with Crippen molar-refractivity contribution in [3.8, 4) is 0 Å². The first-order chi connectivity index (χ1) is 7.77. The Balaban J connectivity index is 0.00000144. The van der Waals surface area contributed by atoms with Crippen LogP contribution in [0.3, 0.4) is 0 Å². The van der Waals surface area contributed by atoms with E-state index in [1.54, 1.807) is 10.9 Å². The second-order valence-electron chi connectivity index (χ2n) is 3.62. The molecule has 0 aliphatic carbocycles. The molecule has 0 spiro atoms. The number of nitrogens with two attached hydrogens (primary N) is 1. The van der Waals surface area contributed by atoms with Gasteiger partial charge in [-0.2, -0.15) is 11.8 Å². The molecule has 2 rings (SSSR count). The summed E-state index contributed by atoms with van der Waals surface area (Å²) in [6.45, 7) is 2.52. The molecule has 2 heterocycles. The van der Waals surface area contributed by atoms with Crippen molar-refractivity contribution in [3.63, 3.8) is 0 Å². The molecule has 0 amide bonds. The zero-order valence-corrected chi connectivity index (χ0v) is 12.9. The van der Waals surface area contributed by atoms with Crippen molar-refractivity contribution < 1.29 is 0 Å². The molecule has 17 heavy (non-hydrogen) atoms. The van der Waals surface area contributed by atoms with Gasteiger partial charge >= 0.3 is 0 Å². The normalized spacial score (nSPS) is 16.8. The Labute approximate surface area is 122 Å². The lowest BCUT2D eigenvalue weighted by Gasteiger charge is -2.27. The Morgan fingerprint density at radius 2 is 2.24 bits per heavy atom. The van der Waals surface area contributed by atoms with Gasteiger partial charge in [0.25, 0.3) is 0 Å². The van der Waals surface area contributed by atoms with Crippen LogP contribution >= 0.6 is 35.7 Å². The Morgan fingerprint density at radius 1 is 1.53 bits per heavy atom. The van der Waals surface area contributed by atoms with Gasteiger partial charge in [0, 0.05) is 31.6 Å². The number of hydrogen-bond acceptors (Lipinski definition) is 4. The molecular formula is C9H17IN6S. The summed E-state index contributed by atoms with van der Waals surface area (Å²) in [4.78, 5) is 6.49. The van der Waals surface area contributed by atoms with Gasteiger partial charge in [-0.1, -0.05) is 5.21 Å². The van der Waals surface area contributed by atoms with Crippen LogP contribution in [0.1, 0.15) is 5.69 Å². The highest BCUT2D eigenvalue weighted by atomic mass is 127. The first-order valence-electron chi connectivity index (χ1n) is 5.23. The molecule has 1 saturated heterocycles. The number of halogens is 1. The van der Waals surface area contributed by atoms with Crippen LogP contribution in [0.2, 0.25) is 0 Å². The Hall–Kier alpha value is -0.510. The predicted molar refractivity (Wildman–Crippen MR) is 80.6 cm³/mol. The second kappa shape index (κ2) is 7.04. The smallest absolute Gasteiger partial charge is 0.191 e. The Morgan fingerprint density at radius 3 is 2.82 bits per heavy atom. The zero-order valence-electron chi connectivity index (χ0n) is 9.74. The topological polar surface area (TPSA) is 72.3 Å². The standard InChI is InChI=1S/C9H16N6S.HI/c1-14-8(7-12-13-14)6-11-9(10)15-2-4-16-5-3-15;/h7H,2-6H2,1H3,(H2,10,11);1H. The summed E-state index contributed by atoms with van der Waals surface area (Å²) in [5, 5.41) is 7.64. The number of aromatic nitrogens is 3. The lowest BCUT2D eigenvalue weighted by atomic mass is 10.4. The van der Waals surface area contributed by atoms with E-state index in [-0.39, 0.29) is 24.0 Å². The van der Waals surface area contributed by atoms with E-state index < -0.39 is 0 Å². The van der Waals surface area contributed by atoms with E-state index in [9.17, 15) is 0 Å². The molecule has 0 aromatic carbocycles. The minimum atomic E-state index is 0. The molecule has 1 aromatic heterocycles. The molecule has 2 N–H and O–H groups in total. The summed E-state index contributed by atoms with van der Waals surface area (Å²) in [5.41, 5.74) is 6.90.